The van der Waals surface area contributed by atoms with E-state index in [4.69, 9.17) is 11.6 Å². The maximum Gasteiger partial charge on any atom is 0.125 e. The van der Waals surface area contributed by atoms with Crippen molar-refractivity contribution in [3.05, 3.63) is 28.5 Å². The molecule has 0 radical (unpaired) electrons. The lowest BCUT2D eigenvalue weighted by atomic mass is 10.2. The van der Waals surface area contributed by atoms with E-state index in [9.17, 15) is 0 Å². The molecule has 0 bridgehead atoms. The fraction of sp³-hybridized carbons (Fsp3) is 0.462. The Labute approximate surface area is 121 Å². The molecule has 98 valence electrons. The standard InChI is InChI=1S/C13H17BrClN3/c1-9(8-17(2)3)18-12-6-10(14)4-5-11(12)16-13(18)7-15/h4-6,9H,7-8H2,1-3H3. The number of rotatable bonds is 4. The normalized spacial score (nSPS) is 13.4. The van der Waals surface area contributed by atoms with Crippen LogP contribution in [-0.2, 0) is 5.88 Å². The van der Waals surface area contributed by atoms with E-state index in [-0.39, 0.29) is 0 Å². The third-order valence-corrected chi connectivity index (χ3v) is 3.65. The maximum absolute atomic E-state index is 6.02. The van der Waals surface area contributed by atoms with Gasteiger partial charge in [-0.2, -0.15) is 0 Å². The lowest BCUT2D eigenvalue weighted by molar-refractivity contribution is 0.337. The number of likely N-dealkylation sites (N-methyl/N-ethyl adjacent to an activating group) is 1. The van der Waals surface area contributed by atoms with Gasteiger partial charge in [0.2, 0.25) is 0 Å². The number of alkyl halides is 1. The van der Waals surface area contributed by atoms with Crippen LogP contribution < -0.4 is 0 Å². The van der Waals surface area contributed by atoms with E-state index in [1.165, 1.54) is 0 Å². The number of nitrogens with zero attached hydrogens (tertiary/aromatic N) is 3. The second-order valence-electron chi connectivity index (χ2n) is 4.78. The van der Waals surface area contributed by atoms with Gasteiger partial charge in [0.15, 0.2) is 0 Å². The zero-order chi connectivity index (χ0) is 13.3. The summed E-state index contributed by atoms with van der Waals surface area (Å²) in [4.78, 5) is 6.77. The Bertz CT molecular complexity index is 550. The van der Waals surface area contributed by atoms with Crippen molar-refractivity contribution in [3.8, 4) is 0 Å². The number of halogens is 2. The van der Waals surface area contributed by atoms with Crippen molar-refractivity contribution in [2.24, 2.45) is 0 Å². The minimum Gasteiger partial charge on any atom is -0.323 e. The third-order valence-electron chi connectivity index (χ3n) is 2.91. The number of benzene rings is 1. The summed E-state index contributed by atoms with van der Waals surface area (Å²) in [7, 11) is 4.15. The Morgan fingerprint density at radius 3 is 2.78 bits per heavy atom. The maximum atomic E-state index is 6.02. The topological polar surface area (TPSA) is 21.1 Å². The summed E-state index contributed by atoms with van der Waals surface area (Å²) in [5, 5.41) is 0. The molecule has 2 aromatic rings. The molecule has 0 aliphatic heterocycles. The molecule has 0 N–H and O–H groups in total. The fourth-order valence-electron chi connectivity index (χ4n) is 2.31. The first kappa shape index (κ1) is 13.8. The van der Waals surface area contributed by atoms with Gasteiger partial charge in [-0.05, 0) is 39.2 Å². The van der Waals surface area contributed by atoms with Gasteiger partial charge in [-0.1, -0.05) is 15.9 Å². The zero-order valence-corrected chi connectivity index (χ0v) is 13.2. The summed E-state index contributed by atoms with van der Waals surface area (Å²) >= 11 is 9.53. The fourth-order valence-corrected chi connectivity index (χ4v) is 2.85. The highest BCUT2D eigenvalue weighted by Gasteiger charge is 2.16. The van der Waals surface area contributed by atoms with Gasteiger partial charge in [-0.15, -0.1) is 11.6 Å². The van der Waals surface area contributed by atoms with E-state index in [1.807, 2.05) is 12.1 Å². The molecule has 1 unspecified atom stereocenters. The van der Waals surface area contributed by atoms with Gasteiger partial charge < -0.3 is 9.47 Å². The van der Waals surface area contributed by atoms with Crippen LogP contribution in [0.5, 0.6) is 0 Å². The zero-order valence-electron chi connectivity index (χ0n) is 10.8. The minimum atomic E-state index is 0.341. The van der Waals surface area contributed by atoms with E-state index in [1.54, 1.807) is 0 Å². The summed E-state index contributed by atoms with van der Waals surface area (Å²) in [6, 6.07) is 6.47. The van der Waals surface area contributed by atoms with Crippen LogP contribution in [0.25, 0.3) is 11.0 Å². The highest BCUT2D eigenvalue weighted by Crippen LogP contribution is 2.25. The first-order valence-corrected chi connectivity index (χ1v) is 7.22. The molecule has 0 aliphatic rings. The largest absolute Gasteiger partial charge is 0.323 e. The molecule has 1 aromatic heterocycles. The van der Waals surface area contributed by atoms with E-state index in [0.29, 0.717) is 11.9 Å². The van der Waals surface area contributed by atoms with E-state index in [2.05, 4.69) is 57.5 Å². The van der Waals surface area contributed by atoms with Crippen molar-refractivity contribution in [2.45, 2.75) is 18.8 Å². The van der Waals surface area contributed by atoms with Crippen LogP contribution in [0.1, 0.15) is 18.8 Å². The van der Waals surface area contributed by atoms with Crippen LogP contribution in [0.4, 0.5) is 0 Å². The number of hydrogen-bond donors (Lipinski definition) is 0. The number of fused-ring (bicyclic) bond motifs is 1. The lowest BCUT2D eigenvalue weighted by Crippen LogP contribution is -2.23. The SMILES string of the molecule is CC(CN(C)C)n1c(CCl)nc2ccc(Br)cc21. The van der Waals surface area contributed by atoms with Gasteiger partial charge in [-0.25, -0.2) is 4.98 Å². The molecule has 1 heterocycles. The van der Waals surface area contributed by atoms with Gasteiger partial charge in [0, 0.05) is 17.1 Å². The van der Waals surface area contributed by atoms with Gasteiger partial charge >= 0.3 is 0 Å². The molecule has 1 atom stereocenters. The Balaban J connectivity index is 2.54. The quantitative estimate of drug-likeness (QED) is 0.798. The smallest absolute Gasteiger partial charge is 0.125 e. The molecule has 18 heavy (non-hydrogen) atoms. The average molecular weight is 331 g/mol. The Morgan fingerprint density at radius 1 is 1.44 bits per heavy atom. The van der Waals surface area contributed by atoms with Crippen LogP contribution in [0.15, 0.2) is 22.7 Å². The van der Waals surface area contributed by atoms with E-state index < -0.39 is 0 Å². The van der Waals surface area contributed by atoms with Crippen molar-refractivity contribution in [3.63, 3.8) is 0 Å². The van der Waals surface area contributed by atoms with Gasteiger partial charge in [0.05, 0.1) is 16.9 Å². The average Bonchev–Trinajstić information content (AvgIpc) is 2.65. The molecule has 0 amide bonds. The molecular weight excluding hydrogens is 314 g/mol. The van der Waals surface area contributed by atoms with Gasteiger partial charge in [0.1, 0.15) is 5.82 Å². The molecule has 3 nitrogen and oxygen atoms in total. The van der Waals surface area contributed by atoms with Crippen molar-refractivity contribution < 1.29 is 0 Å². The predicted molar refractivity (Wildman–Crippen MR) is 80.3 cm³/mol. The number of aromatic nitrogens is 2. The van der Waals surface area contributed by atoms with Crippen LogP contribution in [-0.4, -0.2) is 35.1 Å². The first-order chi connectivity index (χ1) is 8.52. The van der Waals surface area contributed by atoms with Gasteiger partial charge in [-0.3, -0.25) is 0 Å². The van der Waals surface area contributed by atoms with Crippen LogP contribution in [0.2, 0.25) is 0 Å². The molecule has 5 heteroatoms. The molecule has 2 rings (SSSR count). The van der Waals surface area contributed by atoms with Crippen LogP contribution in [0, 0.1) is 0 Å². The summed E-state index contributed by atoms with van der Waals surface area (Å²) in [5.41, 5.74) is 2.13. The third kappa shape index (κ3) is 2.71. The predicted octanol–water partition coefficient (Wildman–Crippen LogP) is 3.66. The summed E-state index contributed by atoms with van der Waals surface area (Å²) < 4.78 is 3.29. The monoisotopic (exact) mass is 329 g/mol. The highest BCUT2D eigenvalue weighted by molar-refractivity contribution is 9.10. The summed E-state index contributed by atoms with van der Waals surface area (Å²) in [6.07, 6.45) is 0. The Morgan fingerprint density at radius 2 is 2.17 bits per heavy atom. The summed E-state index contributed by atoms with van der Waals surface area (Å²) in [5.74, 6) is 1.36. The van der Waals surface area contributed by atoms with Gasteiger partial charge in [0.25, 0.3) is 0 Å². The second-order valence-corrected chi connectivity index (χ2v) is 5.96. The van der Waals surface area contributed by atoms with Crippen LogP contribution >= 0.6 is 27.5 Å². The van der Waals surface area contributed by atoms with Crippen molar-refractivity contribution in [1.29, 1.82) is 0 Å². The molecule has 1 aromatic carbocycles. The molecule has 0 spiro atoms. The lowest BCUT2D eigenvalue weighted by Gasteiger charge is -2.20. The number of imidazole rings is 1. The molecule has 0 aliphatic carbocycles. The minimum absolute atomic E-state index is 0.341. The molecular formula is C13H17BrClN3. The van der Waals surface area contributed by atoms with Crippen molar-refractivity contribution >= 4 is 38.6 Å². The Hall–Kier alpha value is -0.580. The second kappa shape index (κ2) is 5.59. The number of hydrogen-bond acceptors (Lipinski definition) is 2. The highest BCUT2D eigenvalue weighted by atomic mass is 79.9. The molecule has 0 fully saturated rings. The summed E-state index contributed by atoms with van der Waals surface area (Å²) in [6.45, 7) is 3.15. The van der Waals surface area contributed by atoms with Crippen molar-refractivity contribution in [2.75, 3.05) is 20.6 Å². The molecule has 0 saturated heterocycles. The van der Waals surface area contributed by atoms with E-state index >= 15 is 0 Å². The van der Waals surface area contributed by atoms with E-state index in [0.717, 1.165) is 27.9 Å². The Kier molecular flexibility index (Phi) is 4.30. The molecule has 0 saturated carbocycles. The van der Waals surface area contributed by atoms with Crippen molar-refractivity contribution in [1.82, 2.24) is 14.5 Å². The first-order valence-electron chi connectivity index (χ1n) is 5.90. The van der Waals surface area contributed by atoms with Crippen LogP contribution in [0.3, 0.4) is 0 Å².